The van der Waals surface area contributed by atoms with Crippen LogP contribution in [0.15, 0.2) is 34.9 Å². The fourth-order valence-electron chi connectivity index (χ4n) is 2.46. The molecule has 94 valence electrons. The highest BCUT2D eigenvalue weighted by atomic mass is 79.9. The lowest BCUT2D eigenvalue weighted by Crippen LogP contribution is -2.25. The van der Waals surface area contributed by atoms with Crippen molar-refractivity contribution in [2.45, 2.75) is 31.9 Å². The van der Waals surface area contributed by atoms with Gasteiger partial charge in [-0.05, 0) is 30.5 Å². The number of imidazole rings is 1. The molecule has 3 nitrogen and oxygen atoms in total. The minimum Gasteiger partial charge on any atom is -0.391 e. The van der Waals surface area contributed by atoms with E-state index in [0.717, 1.165) is 29.6 Å². The molecular formula is C14H15BrN2O. The van der Waals surface area contributed by atoms with Gasteiger partial charge in [-0.1, -0.05) is 28.1 Å². The second-order valence-corrected chi connectivity index (χ2v) is 5.69. The van der Waals surface area contributed by atoms with E-state index in [0.29, 0.717) is 6.54 Å². The van der Waals surface area contributed by atoms with E-state index in [-0.39, 0.29) is 6.10 Å². The van der Waals surface area contributed by atoms with Crippen LogP contribution >= 0.6 is 15.9 Å². The molecule has 2 aromatic rings. The van der Waals surface area contributed by atoms with Crippen molar-refractivity contribution in [2.75, 3.05) is 0 Å². The molecular weight excluding hydrogens is 292 g/mol. The Kier molecular flexibility index (Phi) is 3.22. The van der Waals surface area contributed by atoms with E-state index in [9.17, 15) is 5.11 Å². The Hall–Kier alpha value is -1.13. The van der Waals surface area contributed by atoms with Gasteiger partial charge in [-0.15, -0.1) is 0 Å². The third-order valence-electron chi connectivity index (χ3n) is 3.40. The van der Waals surface area contributed by atoms with Gasteiger partial charge in [-0.25, -0.2) is 4.98 Å². The van der Waals surface area contributed by atoms with Crippen LogP contribution in [0.2, 0.25) is 0 Å². The number of aryl methyl sites for hydroxylation is 1. The smallest absolute Gasteiger partial charge is 0.113 e. The molecule has 1 N–H and O–H groups in total. The van der Waals surface area contributed by atoms with Gasteiger partial charge in [-0.3, -0.25) is 0 Å². The van der Waals surface area contributed by atoms with Gasteiger partial charge in [0.2, 0.25) is 0 Å². The lowest BCUT2D eigenvalue weighted by Gasteiger charge is -2.21. The number of benzene rings is 1. The highest BCUT2D eigenvalue weighted by Crippen LogP contribution is 2.20. The third kappa shape index (κ3) is 2.35. The minimum absolute atomic E-state index is 0.229. The molecule has 0 amide bonds. The van der Waals surface area contributed by atoms with Crippen LogP contribution in [-0.2, 0) is 19.4 Å². The van der Waals surface area contributed by atoms with Crippen molar-refractivity contribution in [1.82, 2.24) is 9.55 Å². The minimum atomic E-state index is -0.229. The van der Waals surface area contributed by atoms with Crippen LogP contribution in [-0.4, -0.2) is 20.8 Å². The molecule has 18 heavy (non-hydrogen) atoms. The Labute approximate surface area is 115 Å². The summed E-state index contributed by atoms with van der Waals surface area (Å²) in [5.74, 6) is 1.04. The normalized spacial score (nSPS) is 18.7. The van der Waals surface area contributed by atoms with Crippen LogP contribution in [0.25, 0.3) is 0 Å². The standard InChI is InChI=1S/C14H15BrN2O/c15-11-3-1-2-10(6-11)7-14-16-8-12-4-5-13(18)9-17(12)14/h1-3,6,8,13,18H,4-5,7,9H2. The third-order valence-corrected chi connectivity index (χ3v) is 3.89. The van der Waals surface area contributed by atoms with Crippen LogP contribution in [0, 0.1) is 0 Å². The Morgan fingerprint density at radius 2 is 2.33 bits per heavy atom. The first-order chi connectivity index (χ1) is 8.72. The van der Waals surface area contributed by atoms with Gasteiger partial charge >= 0.3 is 0 Å². The molecule has 0 spiro atoms. The van der Waals surface area contributed by atoms with E-state index in [2.05, 4.69) is 37.6 Å². The van der Waals surface area contributed by atoms with Gasteiger partial charge in [-0.2, -0.15) is 0 Å². The zero-order chi connectivity index (χ0) is 12.5. The average molecular weight is 307 g/mol. The number of hydrogen-bond donors (Lipinski definition) is 1. The molecule has 1 atom stereocenters. The van der Waals surface area contributed by atoms with Gasteiger partial charge in [0.05, 0.1) is 12.6 Å². The van der Waals surface area contributed by atoms with Gasteiger partial charge in [0.15, 0.2) is 0 Å². The molecule has 3 rings (SSSR count). The summed E-state index contributed by atoms with van der Waals surface area (Å²) < 4.78 is 3.25. The number of fused-ring (bicyclic) bond motifs is 1. The second-order valence-electron chi connectivity index (χ2n) is 4.78. The number of rotatable bonds is 2. The number of aliphatic hydroxyl groups is 1. The molecule has 2 heterocycles. The number of aliphatic hydroxyl groups excluding tert-OH is 1. The monoisotopic (exact) mass is 306 g/mol. The van der Waals surface area contributed by atoms with Crippen molar-refractivity contribution in [3.8, 4) is 0 Å². The Balaban J connectivity index is 1.87. The zero-order valence-electron chi connectivity index (χ0n) is 10.0. The van der Waals surface area contributed by atoms with Gasteiger partial charge < -0.3 is 9.67 Å². The molecule has 1 aliphatic rings. The van der Waals surface area contributed by atoms with Crippen molar-refractivity contribution in [1.29, 1.82) is 0 Å². The van der Waals surface area contributed by atoms with Crippen LogP contribution in [0.1, 0.15) is 23.5 Å². The Morgan fingerprint density at radius 3 is 3.17 bits per heavy atom. The highest BCUT2D eigenvalue weighted by Gasteiger charge is 2.19. The van der Waals surface area contributed by atoms with Crippen LogP contribution < -0.4 is 0 Å². The van der Waals surface area contributed by atoms with Crippen molar-refractivity contribution in [3.05, 3.63) is 52.0 Å². The largest absolute Gasteiger partial charge is 0.391 e. The van der Waals surface area contributed by atoms with E-state index in [1.807, 2.05) is 18.3 Å². The fraction of sp³-hybridized carbons (Fsp3) is 0.357. The predicted molar refractivity (Wildman–Crippen MR) is 73.5 cm³/mol. The molecule has 0 saturated heterocycles. The maximum Gasteiger partial charge on any atom is 0.113 e. The molecule has 0 aliphatic carbocycles. The van der Waals surface area contributed by atoms with Crippen molar-refractivity contribution in [2.24, 2.45) is 0 Å². The number of hydrogen-bond acceptors (Lipinski definition) is 2. The SMILES string of the molecule is OC1CCc2cnc(Cc3cccc(Br)c3)n2C1. The second kappa shape index (κ2) is 4.86. The van der Waals surface area contributed by atoms with Gasteiger partial charge in [0.1, 0.15) is 5.82 Å². The van der Waals surface area contributed by atoms with Crippen molar-refractivity contribution < 1.29 is 5.11 Å². The summed E-state index contributed by atoms with van der Waals surface area (Å²) in [4.78, 5) is 4.49. The summed E-state index contributed by atoms with van der Waals surface area (Å²) in [6, 6.07) is 8.27. The van der Waals surface area contributed by atoms with Gasteiger partial charge in [0, 0.05) is 22.8 Å². The molecule has 4 heteroatoms. The average Bonchev–Trinajstić information content (AvgIpc) is 2.72. The molecule has 0 saturated carbocycles. The summed E-state index contributed by atoms with van der Waals surface area (Å²) >= 11 is 3.48. The lowest BCUT2D eigenvalue weighted by molar-refractivity contribution is 0.130. The molecule has 1 unspecified atom stereocenters. The van der Waals surface area contributed by atoms with E-state index in [1.54, 1.807) is 0 Å². The molecule has 1 aromatic carbocycles. The van der Waals surface area contributed by atoms with Crippen LogP contribution in [0.4, 0.5) is 0 Å². The molecule has 0 fully saturated rings. The van der Waals surface area contributed by atoms with E-state index in [1.165, 1.54) is 11.3 Å². The summed E-state index contributed by atoms with van der Waals surface area (Å²) in [6.45, 7) is 0.679. The quantitative estimate of drug-likeness (QED) is 0.926. The molecule has 1 aliphatic heterocycles. The summed E-state index contributed by atoms with van der Waals surface area (Å²) in [5, 5.41) is 9.75. The van der Waals surface area contributed by atoms with Crippen LogP contribution in [0.3, 0.4) is 0 Å². The maximum absolute atomic E-state index is 9.75. The Bertz CT molecular complexity index is 565. The summed E-state index contributed by atoms with van der Waals surface area (Å²) in [5.41, 5.74) is 2.48. The Morgan fingerprint density at radius 1 is 1.44 bits per heavy atom. The predicted octanol–water partition coefficient (Wildman–Crippen LogP) is 2.54. The van der Waals surface area contributed by atoms with E-state index in [4.69, 9.17) is 0 Å². The first kappa shape index (κ1) is 11.9. The fourth-order valence-corrected chi connectivity index (χ4v) is 2.91. The summed E-state index contributed by atoms with van der Waals surface area (Å²) in [7, 11) is 0. The first-order valence-electron chi connectivity index (χ1n) is 6.18. The van der Waals surface area contributed by atoms with Crippen molar-refractivity contribution >= 4 is 15.9 Å². The number of nitrogens with zero attached hydrogens (tertiary/aromatic N) is 2. The molecule has 0 bridgehead atoms. The molecule has 1 aromatic heterocycles. The van der Waals surface area contributed by atoms with Crippen molar-refractivity contribution in [3.63, 3.8) is 0 Å². The van der Waals surface area contributed by atoms with E-state index >= 15 is 0 Å². The topological polar surface area (TPSA) is 38.1 Å². The van der Waals surface area contributed by atoms with E-state index < -0.39 is 0 Å². The number of halogens is 1. The first-order valence-corrected chi connectivity index (χ1v) is 6.97. The highest BCUT2D eigenvalue weighted by molar-refractivity contribution is 9.10. The lowest BCUT2D eigenvalue weighted by atomic mass is 10.1. The summed E-state index contributed by atoms with van der Waals surface area (Å²) in [6.07, 6.45) is 4.30. The molecule has 0 radical (unpaired) electrons. The van der Waals surface area contributed by atoms with Gasteiger partial charge in [0.25, 0.3) is 0 Å². The number of aromatic nitrogens is 2. The zero-order valence-corrected chi connectivity index (χ0v) is 11.6. The van der Waals surface area contributed by atoms with Crippen LogP contribution in [0.5, 0.6) is 0 Å². The maximum atomic E-state index is 9.75.